The zero-order valence-corrected chi connectivity index (χ0v) is 16.2. The number of anilines is 1. The van der Waals surface area contributed by atoms with Crippen molar-refractivity contribution in [3.8, 4) is 11.4 Å². The molecule has 0 bridgehead atoms. The van der Waals surface area contributed by atoms with Crippen LogP contribution in [0.4, 0.5) is 5.69 Å². The van der Waals surface area contributed by atoms with E-state index in [4.69, 9.17) is 0 Å². The second kappa shape index (κ2) is 8.39. The Kier molecular flexibility index (Phi) is 5.53. The van der Waals surface area contributed by atoms with Gasteiger partial charge in [-0.25, -0.2) is 0 Å². The molecule has 3 aromatic rings. The third-order valence-corrected chi connectivity index (χ3v) is 5.49. The maximum Gasteiger partial charge on any atom is 0.234 e. The number of nitrogens with one attached hydrogen (secondary N) is 1. The van der Waals surface area contributed by atoms with Crippen LogP contribution in [0, 0.1) is 0 Å². The van der Waals surface area contributed by atoms with Crippen LogP contribution in [0.5, 0.6) is 0 Å². The number of carbonyl (C=O) groups is 1. The average molecular weight is 392 g/mol. The Hall–Kier alpha value is -2.93. The highest BCUT2D eigenvalue weighted by atomic mass is 32.2. The van der Waals surface area contributed by atoms with E-state index in [1.54, 1.807) is 18.5 Å². The van der Waals surface area contributed by atoms with E-state index in [1.807, 2.05) is 28.8 Å². The van der Waals surface area contributed by atoms with Gasteiger partial charge in [0.2, 0.25) is 5.91 Å². The quantitative estimate of drug-likeness (QED) is 0.462. The van der Waals surface area contributed by atoms with E-state index in [0.717, 1.165) is 11.3 Å². The molecule has 0 unspecified atom stereocenters. The predicted molar refractivity (Wildman–Crippen MR) is 111 cm³/mol. The van der Waals surface area contributed by atoms with Gasteiger partial charge in [-0.2, -0.15) is 0 Å². The monoisotopic (exact) mass is 391 g/mol. The fourth-order valence-corrected chi connectivity index (χ4v) is 3.73. The molecule has 0 aliphatic heterocycles. The van der Waals surface area contributed by atoms with Crippen molar-refractivity contribution >= 4 is 23.4 Å². The van der Waals surface area contributed by atoms with Gasteiger partial charge in [-0.05, 0) is 48.6 Å². The number of pyridine rings is 1. The largest absolute Gasteiger partial charge is 0.325 e. The first-order chi connectivity index (χ1) is 13.7. The molecule has 6 nitrogen and oxygen atoms in total. The lowest BCUT2D eigenvalue weighted by Gasteiger charge is -2.08. The van der Waals surface area contributed by atoms with E-state index in [1.165, 1.54) is 30.2 Å². The van der Waals surface area contributed by atoms with Gasteiger partial charge in [0.15, 0.2) is 11.0 Å². The van der Waals surface area contributed by atoms with Gasteiger partial charge in [0.05, 0.1) is 5.75 Å². The minimum Gasteiger partial charge on any atom is -0.325 e. The first-order valence-corrected chi connectivity index (χ1v) is 10.2. The highest BCUT2D eigenvalue weighted by Gasteiger charge is 2.23. The van der Waals surface area contributed by atoms with Gasteiger partial charge < -0.3 is 5.32 Å². The van der Waals surface area contributed by atoms with Crippen LogP contribution in [-0.4, -0.2) is 31.4 Å². The molecule has 0 saturated heterocycles. The normalized spacial score (nSPS) is 13.3. The summed E-state index contributed by atoms with van der Waals surface area (Å²) in [6, 6.07) is 11.9. The van der Waals surface area contributed by atoms with Crippen molar-refractivity contribution in [3.05, 3.63) is 67.0 Å². The Labute approximate surface area is 168 Å². The summed E-state index contributed by atoms with van der Waals surface area (Å²) < 4.78 is 1.94. The summed E-state index contributed by atoms with van der Waals surface area (Å²) in [5, 5.41) is 12.1. The zero-order valence-electron chi connectivity index (χ0n) is 15.4. The number of aromatic nitrogens is 4. The second-order valence-electron chi connectivity index (χ2n) is 6.68. The maximum absolute atomic E-state index is 12.3. The SMILES string of the molecule is C=CCn1c(SCC(=O)Nc2ccc(C3CC3)cc2)nnc1-c1cccnc1. The Balaban J connectivity index is 1.40. The maximum atomic E-state index is 12.3. The molecule has 1 aromatic carbocycles. The number of hydrogen-bond donors (Lipinski definition) is 1. The molecule has 1 amide bonds. The molecule has 4 rings (SSSR count). The van der Waals surface area contributed by atoms with E-state index in [9.17, 15) is 4.79 Å². The Bertz CT molecular complexity index is 964. The number of amides is 1. The molecule has 0 spiro atoms. The molecule has 2 heterocycles. The Morgan fingerprint density at radius 1 is 1.25 bits per heavy atom. The van der Waals surface area contributed by atoms with Crippen molar-refractivity contribution in [3.63, 3.8) is 0 Å². The number of allylic oxidation sites excluding steroid dienone is 1. The van der Waals surface area contributed by atoms with Crippen LogP contribution in [0.2, 0.25) is 0 Å². The number of benzene rings is 1. The molecule has 0 radical (unpaired) electrons. The minimum atomic E-state index is -0.0692. The van der Waals surface area contributed by atoms with Gasteiger partial charge in [0.1, 0.15) is 0 Å². The molecule has 28 heavy (non-hydrogen) atoms. The fourth-order valence-electron chi connectivity index (χ4n) is 2.98. The first-order valence-electron chi connectivity index (χ1n) is 9.21. The van der Waals surface area contributed by atoms with Gasteiger partial charge in [-0.3, -0.25) is 14.3 Å². The summed E-state index contributed by atoms with van der Waals surface area (Å²) in [7, 11) is 0. The van der Waals surface area contributed by atoms with Crippen LogP contribution >= 0.6 is 11.8 Å². The van der Waals surface area contributed by atoms with Gasteiger partial charge in [-0.1, -0.05) is 30.0 Å². The molecule has 1 aliphatic carbocycles. The molecular formula is C21H21N5OS. The van der Waals surface area contributed by atoms with Crippen molar-refractivity contribution in [1.82, 2.24) is 19.7 Å². The van der Waals surface area contributed by atoms with Crippen molar-refractivity contribution in [1.29, 1.82) is 0 Å². The topological polar surface area (TPSA) is 72.7 Å². The van der Waals surface area contributed by atoms with E-state index < -0.39 is 0 Å². The number of nitrogens with zero attached hydrogens (tertiary/aromatic N) is 4. The van der Waals surface area contributed by atoms with Gasteiger partial charge in [-0.15, -0.1) is 16.8 Å². The lowest BCUT2D eigenvalue weighted by molar-refractivity contribution is -0.113. The zero-order chi connectivity index (χ0) is 19.3. The van der Waals surface area contributed by atoms with Crippen molar-refractivity contribution in [2.24, 2.45) is 0 Å². The molecule has 1 saturated carbocycles. The number of hydrogen-bond acceptors (Lipinski definition) is 5. The standard InChI is InChI=1S/C21H21N5OS/c1-2-12-26-20(17-4-3-11-22-13-17)24-25-21(26)28-14-19(27)23-18-9-7-16(8-10-18)15-5-6-15/h2-4,7-11,13,15H,1,5-6,12,14H2,(H,23,27). The Morgan fingerprint density at radius 3 is 2.75 bits per heavy atom. The molecule has 1 aliphatic rings. The predicted octanol–water partition coefficient (Wildman–Crippen LogP) is 4.13. The van der Waals surface area contributed by atoms with Gasteiger partial charge in [0, 0.05) is 30.2 Å². The lowest BCUT2D eigenvalue weighted by atomic mass is 10.1. The minimum absolute atomic E-state index is 0.0692. The summed E-state index contributed by atoms with van der Waals surface area (Å²) in [5.41, 5.74) is 3.05. The third kappa shape index (κ3) is 4.31. The van der Waals surface area contributed by atoms with Crippen LogP contribution in [0.1, 0.15) is 24.3 Å². The summed E-state index contributed by atoms with van der Waals surface area (Å²) in [5.74, 6) is 1.62. The Morgan fingerprint density at radius 2 is 2.07 bits per heavy atom. The van der Waals surface area contributed by atoms with Crippen molar-refractivity contribution < 1.29 is 4.79 Å². The summed E-state index contributed by atoms with van der Waals surface area (Å²) in [6.07, 6.45) is 7.79. The second-order valence-corrected chi connectivity index (χ2v) is 7.62. The number of thioether (sulfide) groups is 1. The fraction of sp³-hybridized carbons (Fsp3) is 0.238. The molecule has 0 atom stereocenters. The number of rotatable bonds is 8. The highest BCUT2D eigenvalue weighted by Crippen LogP contribution is 2.40. The molecule has 1 N–H and O–H groups in total. The summed E-state index contributed by atoms with van der Waals surface area (Å²) >= 11 is 1.36. The molecule has 1 fully saturated rings. The van der Waals surface area contributed by atoms with E-state index >= 15 is 0 Å². The average Bonchev–Trinajstić information content (AvgIpc) is 3.50. The smallest absolute Gasteiger partial charge is 0.234 e. The number of carbonyl (C=O) groups excluding carboxylic acids is 1. The van der Waals surface area contributed by atoms with Crippen molar-refractivity contribution in [2.45, 2.75) is 30.5 Å². The van der Waals surface area contributed by atoms with E-state index in [0.29, 0.717) is 23.4 Å². The molecule has 142 valence electrons. The van der Waals surface area contributed by atoms with Crippen LogP contribution < -0.4 is 5.32 Å². The lowest BCUT2D eigenvalue weighted by Crippen LogP contribution is -2.14. The third-order valence-electron chi connectivity index (χ3n) is 4.52. The molecule has 7 heteroatoms. The van der Waals surface area contributed by atoms with Gasteiger partial charge >= 0.3 is 0 Å². The van der Waals surface area contributed by atoms with Crippen LogP contribution in [0.15, 0.2) is 66.6 Å². The highest BCUT2D eigenvalue weighted by molar-refractivity contribution is 7.99. The van der Waals surface area contributed by atoms with E-state index in [-0.39, 0.29) is 11.7 Å². The van der Waals surface area contributed by atoms with Crippen molar-refractivity contribution in [2.75, 3.05) is 11.1 Å². The molecular weight excluding hydrogens is 370 g/mol. The first kappa shape index (κ1) is 18.4. The van der Waals surface area contributed by atoms with Crippen LogP contribution in [0.25, 0.3) is 11.4 Å². The summed E-state index contributed by atoms with van der Waals surface area (Å²) in [6.45, 7) is 4.37. The van der Waals surface area contributed by atoms with E-state index in [2.05, 4.69) is 39.2 Å². The van der Waals surface area contributed by atoms with Gasteiger partial charge in [0.25, 0.3) is 0 Å². The molecule has 2 aromatic heterocycles. The van der Waals surface area contributed by atoms with Crippen LogP contribution in [0.3, 0.4) is 0 Å². The summed E-state index contributed by atoms with van der Waals surface area (Å²) in [4.78, 5) is 16.5. The van der Waals surface area contributed by atoms with Crippen LogP contribution in [-0.2, 0) is 11.3 Å².